The van der Waals surface area contributed by atoms with Crippen molar-refractivity contribution in [3.8, 4) is 0 Å². The molecule has 0 unspecified atom stereocenters. The number of carboxylic acid groups (broad SMARTS) is 1. The van der Waals surface area contributed by atoms with E-state index in [1.54, 1.807) is 11.9 Å². The molecule has 2 aromatic rings. The van der Waals surface area contributed by atoms with Gasteiger partial charge in [-0.25, -0.2) is 0 Å². The molecule has 0 bridgehead atoms. The smallest absolute Gasteiger partial charge is 0.306 e. The number of likely N-dealkylation sites (tertiary alicyclic amines) is 1. The molecule has 1 saturated heterocycles. The minimum Gasteiger partial charge on any atom is -0.481 e. The van der Waals surface area contributed by atoms with Gasteiger partial charge in [0.15, 0.2) is 0 Å². The van der Waals surface area contributed by atoms with Gasteiger partial charge in [-0.15, -0.1) is 0 Å². The molecule has 0 radical (unpaired) electrons. The molecule has 8 nitrogen and oxygen atoms in total. The van der Waals surface area contributed by atoms with Gasteiger partial charge in [-0.05, 0) is 18.9 Å². The van der Waals surface area contributed by atoms with Gasteiger partial charge in [-0.1, -0.05) is 18.2 Å². The maximum absolute atomic E-state index is 12.4. The third kappa shape index (κ3) is 3.84. The Balaban J connectivity index is 1.54. The summed E-state index contributed by atoms with van der Waals surface area (Å²) in [7, 11) is 1.60. The van der Waals surface area contributed by atoms with Gasteiger partial charge in [-0.3, -0.25) is 19.5 Å². The Morgan fingerprint density at radius 1 is 1.27 bits per heavy atom. The predicted molar refractivity (Wildman–Crippen MR) is 94.4 cm³/mol. The number of benzene rings is 1. The number of aliphatic carboxylic acids is 1. The summed E-state index contributed by atoms with van der Waals surface area (Å²) in [5.74, 6) is -1.52. The lowest BCUT2D eigenvalue weighted by atomic mass is 9.97. The molecular weight excluding hydrogens is 336 g/mol. The molecule has 0 aliphatic carbocycles. The average Bonchev–Trinajstić information content (AvgIpc) is 3.04. The van der Waals surface area contributed by atoms with Crippen molar-refractivity contribution >= 4 is 28.7 Å². The number of likely N-dealkylation sites (N-methyl/N-ethyl adjacent to an activating group) is 1. The monoisotopic (exact) mass is 358 g/mol. The van der Waals surface area contributed by atoms with Crippen molar-refractivity contribution in [3.63, 3.8) is 0 Å². The van der Waals surface area contributed by atoms with Crippen LogP contribution in [0.25, 0.3) is 10.9 Å². The van der Waals surface area contributed by atoms with Gasteiger partial charge in [-0.2, -0.15) is 5.10 Å². The molecule has 2 heterocycles. The van der Waals surface area contributed by atoms with Crippen molar-refractivity contribution < 1.29 is 19.5 Å². The molecule has 2 N–H and O–H groups in total. The van der Waals surface area contributed by atoms with Crippen molar-refractivity contribution in [2.75, 3.05) is 26.7 Å². The summed E-state index contributed by atoms with van der Waals surface area (Å²) in [6.45, 7) is 0.828. The standard InChI is InChI=1S/C18H22N4O4/c1-21(11-17(24)22-8-6-12(7-9-22)18(25)26)16(23)10-15-13-4-2-3-5-14(13)19-20-15/h2-5,12H,6-11H2,1H3,(H,19,20)(H,25,26). The van der Waals surface area contributed by atoms with E-state index in [2.05, 4.69) is 10.2 Å². The zero-order valence-electron chi connectivity index (χ0n) is 14.6. The summed E-state index contributed by atoms with van der Waals surface area (Å²) < 4.78 is 0. The molecule has 2 amide bonds. The number of H-pyrrole nitrogens is 1. The highest BCUT2D eigenvalue weighted by molar-refractivity contribution is 5.89. The Bertz CT molecular complexity index is 823. The van der Waals surface area contributed by atoms with Crippen LogP contribution in [0.4, 0.5) is 0 Å². The second kappa shape index (κ2) is 7.55. The first kappa shape index (κ1) is 17.9. The first-order chi connectivity index (χ1) is 12.5. The molecule has 0 atom stereocenters. The first-order valence-electron chi connectivity index (χ1n) is 8.62. The Morgan fingerprint density at radius 3 is 2.65 bits per heavy atom. The maximum Gasteiger partial charge on any atom is 0.306 e. The number of amides is 2. The van der Waals surface area contributed by atoms with Crippen molar-refractivity contribution in [1.29, 1.82) is 0 Å². The van der Waals surface area contributed by atoms with Crippen LogP contribution < -0.4 is 0 Å². The zero-order valence-corrected chi connectivity index (χ0v) is 14.6. The van der Waals surface area contributed by atoms with Gasteiger partial charge in [0.25, 0.3) is 0 Å². The minimum atomic E-state index is -0.809. The van der Waals surface area contributed by atoms with Gasteiger partial charge in [0.2, 0.25) is 11.8 Å². The third-order valence-electron chi connectivity index (χ3n) is 4.86. The van der Waals surface area contributed by atoms with E-state index in [9.17, 15) is 14.4 Å². The lowest BCUT2D eigenvalue weighted by molar-refractivity contribution is -0.146. The molecule has 1 aliphatic rings. The number of aromatic amines is 1. The second-order valence-corrected chi connectivity index (χ2v) is 6.64. The SMILES string of the molecule is CN(CC(=O)N1CCC(C(=O)O)CC1)C(=O)Cc1[nH]nc2ccccc12. The van der Waals surface area contributed by atoms with Crippen LogP contribution in [0.15, 0.2) is 24.3 Å². The molecule has 1 aromatic heterocycles. The number of fused-ring (bicyclic) bond motifs is 1. The predicted octanol–water partition coefficient (Wildman–Crippen LogP) is 0.887. The number of hydrogen-bond acceptors (Lipinski definition) is 4. The van der Waals surface area contributed by atoms with E-state index in [1.165, 1.54) is 4.90 Å². The minimum absolute atomic E-state index is 0.0113. The van der Waals surface area contributed by atoms with Crippen LogP contribution in [0.1, 0.15) is 18.5 Å². The van der Waals surface area contributed by atoms with Gasteiger partial charge in [0.05, 0.1) is 30.1 Å². The number of rotatable bonds is 5. The summed E-state index contributed by atoms with van der Waals surface area (Å²) in [5, 5.41) is 17.0. The molecule has 0 saturated carbocycles. The molecular formula is C18H22N4O4. The topological polar surface area (TPSA) is 107 Å². The van der Waals surface area contributed by atoms with Crippen LogP contribution in [0.2, 0.25) is 0 Å². The normalized spacial score (nSPS) is 15.2. The quantitative estimate of drug-likeness (QED) is 0.825. The van der Waals surface area contributed by atoms with Crippen molar-refractivity contribution in [3.05, 3.63) is 30.0 Å². The Hall–Kier alpha value is -2.90. The van der Waals surface area contributed by atoms with E-state index in [0.717, 1.165) is 16.6 Å². The number of para-hydroxylation sites is 1. The number of piperidine rings is 1. The molecule has 26 heavy (non-hydrogen) atoms. The van der Waals surface area contributed by atoms with Crippen LogP contribution in [0, 0.1) is 5.92 Å². The van der Waals surface area contributed by atoms with E-state index in [1.807, 2.05) is 24.3 Å². The number of nitrogens with zero attached hydrogens (tertiary/aromatic N) is 3. The summed E-state index contributed by atoms with van der Waals surface area (Å²) in [5.41, 5.74) is 1.53. The van der Waals surface area contributed by atoms with Gasteiger partial charge >= 0.3 is 5.97 Å². The molecule has 0 spiro atoms. The number of hydrogen-bond donors (Lipinski definition) is 2. The lowest BCUT2D eigenvalue weighted by Gasteiger charge is -2.31. The lowest BCUT2D eigenvalue weighted by Crippen LogP contribution is -2.45. The Labute approximate surface area is 150 Å². The highest BCUT2D eigenvalue weighted by atomic mass is 16.4. The fourth-order valence-corrected chi connectivity index (χ4v) is 3.20. The van der Waals surface area contributed by atoms with Crippen molar-refractivity contribution in [2.45, 2.75) is 19.3 Å². The van der Waals surface area contributed by atoms with E-state index in [4.69, 9.17) is 5.11 Å². The number of carbonyl (C=O) groups excluding carboxylic acids is 2. The van der Waals surface area contributed by atoms with Crippen LogP contribution in [-0.4, -0.2) is 69.6 Å². The number of aromatic nitrogens is 2. The van der Waals surface area contributed by atoms with Crippen LogP contribution >= 0.6 is 0 Å². The van der Waals surface area contributed by atoms with Crippen molar-refractivity contribution in [1.82, 2.24) is 20.0 Å². The average molecular weight is 358 g/mol. The third-order valence-corrected chi connectivity index (χ3v) is 4.86. The number of nitrogens with one attached hydrogen (secondary N) is 1. The first-order valence-corrected chi connectivity index (χ1v) is 8.62. The van der Waals surface area contributed by atoms with Crippen molar-refractivity contribution in [2.24, 2.45) is 5.92 Å². The zero-order chi connectivity index (χ0) is 18.7. The van der Waals surface area contributed by atoms with Gasteiger partial charge in [0.1, 0.15) is 0 Å². The molecule has 8 heteroatoms. The highest BCUT2D eigenvalue weighted by Crippen LogP contribution is 2.18. The van der Waals surface area contributed by atoms with Gasteiger partial charge < -0.3 is 14.9 Å². The summed E-state index contributed by atoms with van der Waals surface area (Å²) >= 11 is 0. The van der Waals surface area contributed by atoms with E-state index in [-0.39, 0.29) is 30.7 Å². The van der Waals surface area contributed by atoms with E-state index in [0.29, 0.717) is 25.9 Å². The van der Waals surface area contributed by atoms with Crippen LogP contribution in [-0.2, 0) is 20.8 Å². The molecule has 1 aromatic carbocycles. The molecule has 138 valence electrons. The molecule has 1 fully saturated rings. The number of carboxylic acids is 1. The van der Waals surface area contributed by atoms with Crippen LogP contribution in [0.3, 0.4) is 0 Å². The Morgan fingerprint density at radius 2 is 1.96 bits per heavy atom. The fourth-order valence-electron chi connectivity index (χ4n) is 3.20. The second-order valence-electron chi connectivity index (χ2n) is 6.64. The maximum atomic E-state index is 12.4. The molecule has 3 rings (SSSR count). The van der Waals surface area contributed by atoms with E-state index >= 15 is 0 Å². The summed E-state index contributed by atoms with van der Waals surface area (Å²) in [6, 6.07) is 7.54. The van der Waals surface area contributed by atoms with Gasteiger partial charge in [0, 0.05) is 25.5 Å². The largest absolute Gasteiger partial charge is 0.481 e. The summed E-state index contributed by atoms with van der Waals surface area (Å²) in [6.07, 6.45) is 1.06. The van der Waals surface area contributed by atoms with E-state index < -0.39 is 5.97 Å². The Kier molecular flexibility index (Phi) is 5.20. The number of carbonyl (C=O) groups is 3. The van der Waals surface area contributed by atoms with Crippen LogP contribution in [0.5, 0.6) is 0 Å². The summed E-state index contributed by atoms with van der Waals surface area (Å²) in [4.78, 5) is 38.8. The fraction of sp³-hybridized carbons (Fsp3) is 0.444. The highest BCUT2D eigenvalue weighted by Gasteiger charge is 2.28. The molecule has 1 aliphatic heterocycles.